The molecule has 2 heterocycles. The van der Waals surface area contributed by atoms with Gasteiger partial charge in [0.25, 0.3) is 11.5 Å². The molecule has 6 nitrogen and oxygen atoms in total. The highest BCUT2D eigenvalue weighted by molar-refractivity contribution is 6.00. The Hall–Kier alpha value is -3.93. The standard InChI is InChI=1S/C22H17N3O3/c26-21-14-13-19(20-12-7-15-28-20)23-24(21)16-22(27)25(17-8-3-1-4-9-17)18-10-5-2-6-11-18/h1-15H,16H2. The molecular weight excluding hydrogens is 354 g/mol. The van der Waals surface area contributed by atoms with E-state index in [4.69, 9.17) is 4.42 Å². The largest absolute Gasteiger partial charge is 0.463 e. The van der Waals surface area contributed by atoms with Crippen LogP contribution in [0.2, 0.25) is 0 Å². The van der Waals surface area contributed by atoms with Crippen molar-refractivity contribution < 1.29 is 9.21 Å². The van der Waals surface area contributed by atoms with Crippen molar-refractivity contribution in [1.82, 2.24) is 9.78 Å². The van der Waals surface area contributed by atoms with Crippen LogP contribution in [0.5, 0.6) is 0 Å². The summed E-state index contributed by atoms with van der Waals surface area (Å²) < 4.78 is 6.48. The Morgan fingerprint density at radius 2 is 1.50 bits per heavy atom. The molecule has 28 heavy (non-hydrogen) atoms. The highest BCUT2D eigenvalue weighted by Gasteiger charge is 2.19. The van der Waals surface area contributed by atoms with Gasteiger partial charge in [-0.3, -0.25) is 14.5 Å². The molecule has 6 heteroatoms. The second kappa shape index (κ2) is 7.75. The molecule has 0 aliphatic rings. The Balaban J connectivity index is 1.69. The Kier molecular flexibility index (Phi) is 4.84. The number of hydrogen-bond acceptors (Lipinski definition) is 4. The molecule has 0 aliphatic heterocycles. The van der Waals surface area contributed by atoms with Gasteiger partial charge in [0.2, 0.25) is 0 Å². The zero-order valence-electron chi connectivity index (χ0n) is 14.9. The molecule has 0 N–H and O–H groups in total. The van der Waals surface area contributed by atoms with Crippen molar-refractivity contribution in [3.8, 4) is 11.5 Å². The van der Waals surface area contributed by atoms with Gasteiger partial charge in [0.15, 0.2) is 5.76 Å². The molecule has 0 bridgehead atoms. The highest BCUT2D eigenvalue weighted by atomic mass is 16.3. The van der Waals surface area contributed by atoms with Gasteiger partial charge in [0, 0.05) is 17.4 Å². The Morgan fingerprint density at radius 1 is 0.857 bits per heavy atom. The second-order valence-electron chi connectivity index (χ2n) is 6.09. The van der Waals surface area contributed by atoms with Gasteiger partial charge in [0.05, 0.1) is 6.26 Å². The van der Waals surface area contributed by atoms with Crippen LogP contribution >= 0.6 is 0 Å². The molecule has 1 amide bonds. The molecule has 0 saturated carbocycles. The quantitative estimate of drug-likeness (QED) is 0.534. The molecule has 2 aromatic heterocycles. The molecule has 2 aromatic carbocycles. The molecular formula is C22H17N3O3. The van der Waals surface area contributed by atoms with E-state index in [0.717, 1.165) is 4.68 Å². The monoisotopic (exact) mass is 371 g/mol. The van der Waals surface area contributed by atoms with Crippen LogP contribution in [-0.4, -0.2) is 15.7 Å². The highest BCUT2D eigenvalue weighted by Crippen LogP contribution is 2.25. The van der Waals surface area contributed by atoms with Crippen LogP contribution in [0.15, 0.2) is 100 Å². The third kappa shape index (κ3) is 3.61. The van der Waals surface area contributed by atoms with Crippen LogP contribution < -0.4 is 10.5 Å². The number of carbonyl (C=O) groups excluding carboxylic acids is 1. The average molecular weight is 371 g/mol. The summed E-state index contributed by atoms with van der Waals surface area (Å²) in [5.41, 5.74) is 1.57. The fraction of sp³-hybridized carbons (Fsp3) is 0.0455. The summed E-state index contributed by atoms with van der Waals surface area (Å²) in [5.74, 6) is 0.257. The second-order valence-corrected chi connectivity index (χ2v) is 6.09. The van der Waals surface area contributed by atoms with Crippen LogP contribution in [0, 0.1) is 0 Å². The number of carbonyl (C=O) groups is 1. The van der Waals surface area contributed by atoms with Crippen LogP contribution in [0.3, 0.4) is 0 Å². The lowest BCUT2D eigenvalue weighted by Crippen LogP contribution is -2.34. The lowest BCUT2D eigenvalue weighted by atomic mass is 10.2. The SMILES string of the molecule is O=C(Cn1nc(-c2ccco2)ccc1=O)N(c1ccccc1)c1ccccc1. The third-order valence-corrected chi connectivity index (χ3v) is 4.20. The number of anilines is 2. The summed E-state index contributed by atoms with van der Waals surface area (Å²) >= 11 is 0. The topological polar surface area (TPSA) is 68.3 Å². The van der Waals surface area contributed by atoms with Crippen molar-refractivity contribution in [3.05, 3.63) is 102 Å². The lowest BCUT2D eigenvalue weighted by Gasteiger charge is -2.23. The summed E-state index contributed by atoms with van der Waals surface area (Å²) in [6.07, 6.45) is 1.53. The predicted octanol–water partition coefficient (Wildman–Crippen LogP) is 3.87. The van der Waals surface area contributed by atoms with Crippen molar-refractivity contribution in [1.29, 1.82) is 0 Å². The fourth-order valence-corrected chi connectivity index (χ4v) is 2.91. The summed E-state index contributed by atoms with van der Waals surface area (Å²) in [7, 11) is 0. The van der Waals surface area contributed by atoms with Gasteiger partial charge >= 0.3 is 0 Å². The zero-order valence-corrected chi connectivity index (χ0v) is 14.9. The molecule has 0 radical (unpaired) electrons. The molecule has 0 fully saturated rings. The number of aromatic nitrogens is 2. The third-order valence-electron chi connectivity index (χ3n) is 4.20. The lowest BCUT2D eigenvalue weighted by molar-refractivity contribution is -0.118. The van der Waals surface area contributed by atoms with E-state index in [1.807, 2.05) is 60.7 Å². The normalized spacial score (nSPS) is 10.6. The van der Waals surface area contributed by atoms with E-state index < -0.39 is 0 Å². The first-order valence-electron chi connectivity index (χ1n) is 8.77. The summed E-state index contributed by atoms with van der Waals surface area (Å²) in [6, 6.07) is 25.1. The summed E-state index contributed by atoms with van der Waals surface area (Å²) in [6.45, 7) is -0.197. The van der Waals surface area contributed by atoms with Crippen molar-refractivity contribution >= 4 is 17.3 Å². The first-order valence-corrected chi connectivity index (χ1v) is 8.77. The molecule has 0 atom stereocenters. The van der Waals surface area contributed by atoms with E-state index in [1.54, 1.807) is 23.1 Å². The Morgan fingerprint density at radius 3 is 2.07 bits per heavy atom. The first-order chi connectivity index (χ1) is 13.7. The van der Waals surface area contributed by atoms with E-state index in [-0.39, 0.29) is 18.0 Å². The Bertz CT molecular complexity index is 1080. The van der Waals surface area contributed by atoms with Crippen molar-refractivity contribution in [2.24, 2.45) is 0 Å². The molecule has 138 valence electrons. The van der Waals surface area contributed by atoms with E-state index in [9.17, 15) is 9.59 Å². The van der Waals surface area contributed by atoms with Gasteiger partial charge in [-0.05, 0) is 42.5 Å². The van der Waals surface area contributed by atoms with Gasteiger partial charge in [-0.15, -0.1) is 0 Å². The number of rotatable bonds is 5. The zero-order chi connectivity index (χ0) is 19.3. The van der Waals surface area contributed by atoms with E-state index in [1.165, 1.54) is 12.3 Å². The number of para-hydroxylation sites is 2. The van der Waals surface area contributed by atoms with Crippen LogP contribution in [0.4, 0.5) is 11.4 Å². The van der Waals surface area contributed by atoms with Crippen molar-refractivity contribution in [3.63, 3.8) is 0 Å². The van der Waals surface area contributed by atoms with E-state index >= 15 is 0 Å². The van der Waals surface area contributed by atoms with Crippen molar-refractivity contribution in [2.75, 3.05) is 4.90 Å². The minimum atomic E-state index is -0.357. The number of benzene rings is 2. The maximum atomic E-state index is 13.2. The number of hydrogen-bond donors (Lipinski definition) is 0. The Labute approximate surface area is 161 Å². The van der Waals surface area contributed by atoms with Gasteiger partial charge in [-0.25, -0.2) is 4.68 Å². The maximum Gasteiger partial charge on any atom is 0.267 e. The smallest absolute Gasteiger partial charge is 0.267 e. The molecule has 4 aromatic rings. The first kappa shape index (κ1) is 17.5. The molecule has 0 spiro atoms. The van der Waals surface area contributed by atoms with E-state index in [2.05, 4.69) is 5.10 Å². The molecule has 0 unspecified atom stereocenters. The minimum absolute atomic E-state index is 0.197. The predicted molar refractivity (Wildman–Crippen MR) is 106 cm³/mol. The summed E-state index contributed by atoms with van der Waals surface area (Å²) in [5, 5.41) is 4.29. The maximum absolute atomic E-state index is 13.2. The van der Waals surface area contributed by atoms with Gasteiger partial charge in [-0.1, -0.05) is 36.4 Å². The van der Waals surface area contributed by atoms with Crippen molar-refractivity contribution in [2.45, 2.75) is 6.54 Å². The fourth-order valence-electron chi connectivity index (χ4n) is 2.91. The molecule has 0 aliphatic carbocycles. The van der Waals surface area contributed by atoms with Crippen LogP contribution in [-0.2, 0) is 11.3 Å². The molecule has 4 rings (SSSR count). The number of furan rings is 1. The number of amides is 1. The number of nitrogens with zero attached hydrogens (tertiary/aromatic N) is 3. The van der Waals surface area contributed by atoms with Crippen LogP contribution in [0.1, 0.15) is 0 Å². The minimum Gasteiger partial charge on any atom is -0.463 e. The van der Waals surface area contributed by atoms with Gasteiger partial charge in [0.1, 0.15) is 12.2 Å². The van der Waals surface area contributed by atoms with Gasteiger partial charge < -0.3 is 4.42 Å². The van der Waals surface area contributed by atoms with Gasteiger partial charge in [-0.2, -0.15) is 5.10 Å². The average Bonchev–Trinajstić information content (AvgIpc) is 3.26. The summed E-state index contributed by atoms with van der Waals surface area (Å²) in [4.78, 5) is 27.0. The van der Waals surface area contributed by atoms with Crippen LogP contribution in [0.25, 0.3) is 11.5 Å². The van der Waals surface area contributed by atoms with E-state index in [0.29, 0.717) is 22.8 Å². The molecule has 0 saturated heterocycles.